The van der Waals surface area contributed by atoms with Gasteiger partial charge >= 0.3 is 7.12 Å². The maximum Gasteiger partial charge on any atom is 0.490 e. The van der Waals surface area contributed by atoms with Gasteiger partial charge in [-0.25, -0.2) is 0 Å². The topological polar surface area (TPSA) is 73.6 Å². The minimum absolute atomic E-state index is 0.206. The molecule has 0 aliphatic heterocycles. The molecule has 0 fully saturated rings. The van der Waals surface area contributed by atoms with Crippen molar-refractivity contribution in [2.24, 2.45) is 0 Å². The van der Waals surface area contributed by atoms with Crippen molar-refractivity contribution in [3.8, 4) is 0 Å². The Hall–Kier alpha value is -0.615. The van der Waals surface area contributed by atoms with Gasteiger partial charge < -0.3 is 15.2 Å². The van der Waals surface area contributed by atoms with Gasteiger partial charge in [0.1, 0.15) is 0 Å². The lowest BCUT2D eigenvalue weighted by Crippen LogP contribution is -2.30. The largest absolute Gasteiger partial charge is 0.490 e. The molecule has 0 amide bonds. The third-order valence-corrected chi connectivity index (χ3v) is 1.71. The molecule has 64 valence electrons. The number of halogens is 1. The van der Waals surface area contributed by atoms with Crippen LogP contribution in [0.5, 0.6) is 0 Å². The van der Waals surface area contributed by atoms with Crippen LogP contribution >= 0.6 is 11.6 Å². The molecule has 3 N–H and O–H groups in total. The molecule has 0 aliphatic rings. The Kier molecular flexibility index (Phi) is 3.05. The molecule has 0 unspecified atom stereocenters. The van der Waals surface area contributed by atoms with Crippen LogP contribution in [-0.2, 0) is 6.61 Å². The summed E-state index contributed by atoms with van der Waals surface area (Å²) in [5, 5.41) is 26.3. The van der Waals surface area contributed by atoms with Crippen molar-refractivity contribution >= 4 is 24.2 Å². The minimum atomic E-state index is -1.58. The van der Waals surface area contributed by atoms with Crippen LogP contribution in [0.4, 0.5) is 0 Å². The predicted octanol–water partition coefficient (Wildman–Crippen LogP) is -1.09. The van der Waals surface area contributed by atoms with Crippen molar-refractivity contribution in [3.05, 3.63) is 23.0 Å². The second-order valence-electron chi connectivity index (χ2n) is 2.23. The molecular weight excluding hydrogens is 180 g/mol. The Morgan fingerprint density at radius 1 is 1.50 bits per heavy atom. The lowest BCUT2D eigenvalue weighted by atomic mass is 9.82. The van der Waals surface area contributed by atoms with E-state index in [2.05, 4.69) is 4.98 Å². The summed E-state index contributed by atoms with van der Waals surface area (Å²) >= 11 is 5.63. The summed E-state index contributed by atoms with van der Waals surface area (Å²) < 4.78 is 0. The molecule has 4 nitrogen and oxygen atoms in total. The van der Waals surface area contributed by atoms with Crippen LogP contribution in [0.2, 0.25) is 5.02 Å². The highest BCUT2D eigenvalue weighted by Gasteiger charge is 2.12. The maximum absolute atomic E-state index is 8.71. The number of aromatic nitrogens is 1. The van der Waals surface area contributed by atoms with Crippen molar-refractivity contribution in [2.45, 2.75) is 6.61 Å². The lowest BCUT2D eigenvalue weighted by Gasteiger charge is -2.02. The summed E-state index contributed by atoms with van der Waals surface area (Å²) in [5.41, 5.74) is 0.526. The number of pyridine rings is 1. The number of aliphatic hydroxyl groups is 1. The van der Waals surface area contributed by atoms with Gasteiger partial charge in [-0.3, -0.25) is 4.98 Å². The first-order valence-electron chi connectivity index (χ1n) is 3.26. The second-order valence-corrected chi connectivity index (χ2v) is 2.64. The van der Waals surface area contributed by atoms with Crippen LogP contribution in [0, 0.1) is 0 Å². The van der Waals surface area contributed by atoms with Crippen molar-refractivity contribution in [1.29, 1.82) is 0 Å². The number of hydrogen-bond donors (Lipinski definition) is 3. The van der Waals surface area contributed by atoms with Gasteiger partial charge in [-0.05, 0) is 6.07 Å². The standard InChI is InChI=1S/C6H7BClNO3/c8-5-1-4(7(11)12)2-9-6(5)3-10/h1-2,10-12H,3H2. The zero-order chi connectivity index (χ0) is 9.14. The molecule has 0 saturated heterocycles. The average Bonchev–Trinajstić information content (AvgIpc) is 2.04. The van der Waals surface area contributed by atoms with Crippen molar-refractivity contribution < 1.29 is 15.2 Å². The first kappa shape index (κ1) is 9.47. The summed E-state index contributed by atoms with van der Waals surface area (Å²) in [6.45, 7) is -0.263. The van der Waals surface area contributed by atoms with Crippen molar-refractivity contribution in [1.82, 2.24) is 4.98 Å². The molecule has 1 aromatic heterocycles. The predicted molar refractivity (Wildman–Crippen MR) is 45.0 cm³/mol. The first-order chi connectivity index (χ1) is 5.65. The van der Waals surface area contributed by atoms with E-state index < -0.39 is 7.12 Å². The monoisotopic (exact) mass is 187 g/mol. The van der Waals surface area contributed by atoms with E-state index in [1.54, 1.807) is 0 Å². The normalized spacial score (nSPS) is 10.0. The van der Waals surface area contributed by atoms with Gasteiger partial charge in [0, 0.05) is 11.7 Å². The number of rotatable bonds is 2. The molecule has 0 aromatic carbocycles. The molecule has 1 rings (SSSR count). The zero-order valence-electron chi connectivity index (χ0n) is 6.11. The quantitative estimate of drug-likeness (QED) is 0.514. The second kappa shape index (κ2) is 3.86. The van der Waals surface area contributed by atoms with E-state index in [4.69, 9.17) is 26.8 Å². The number of nitrogens with zero attached hydrogens (tertiary/aromatic N) is 1. The van der Waals surface area contributed by atoms with Gasteiger partial charge in [0.25, 0.3) is 0 Å². The van der Waals surface area contributed by atoms with E-state index in [1.165, 1.54) is 12.3 Å². The van der Waals surface area contributed by atoms with E-state index in [9.17, 15) is 0 Å². The van der Waals surface area contributed by atoms with Crippen LogP contribution < -0.4 is 5.46 Å². The summed E-state index contributed by atoms with van der Waals surface area (Å²) in [6, 6.07) is 1.35. The molecule has 0 saturated carbocycles. The van der Waals surface area contributed by atoms with Crippen molar-refractivity contribution in [3.63, 3.8) is 0 Å². The van der Waals surface area contributed by atoms with Crippen LogP contribution in [-0.4, -0.2) is 27.3 Å². The van der Waals surface area contributed by atoms with E-state index in [0.29, 0.717) is 5.69 Å². The van der Waals surface area contributed by atoms with Gasteiger partial charge in [0.15, 0.2) is 0 Å². The Morgan fingerprint density at radius 2 is 2.17 bits per heavy atom. The van der Waals surface area contributed by atoms with Gasteiger partial charge in [-0.2, -0.15) is 0 Å². The molecule has 12 heavy (non-hydrogen) atoms. The van der Waals surface area contributed by atoms with E-state index in [1.807, 2.05) is 0 Å². The maximum atomic E-state index is 8.71. The van der Waals surface area contributed by atoms with Crippen molar-refractivity contribution in [2.75, 3.05) is 0 Å². The summed E-state index contributed by atoms with van der Waals surface area (Å²) in [4.78, 5) is 3.72. The summed E-state index contributed by atoms with van der Waals surface area (Å²) in [6.07, 6.45) is 1.25. The van der Waals surface area contributed by atoms with Crippen LogP contribution in [0.25, 0.3) is 0 Å². The third-order valence-electron chi connectivity index (χ3n) is 1.39. The number of aliphatic hydroxyl groups excluding tert-OH is 1. The highest BCUT2D eigenvalue weighted by atomic mass is 35.5. The van der Waals surface area contributed by atoms with Gasteiger partial charge in [-0.15, -0.1) is 0 Å². The smallest absolute Gasteiger partial charge is 0.423 e. The molecular formula is C6H7BClNO3. The Bertz CT molecular complexity index is 281. The van der Waals surface area contributed by atoms with Crippen LogP contribution in [0.3, 0.4) is 0 Å². The Morgan fingerprint density at radius 3 is 2.58 bits per heavy atom. The fourth-order valence-electron chi connectivity index (χ4n) is 0.739. The van der Waals surface area contributed by atoms with Gasteiger partial charge in [0.2, 0.25) is 0 Å². The third kappa shape index (κ3) is 1.95. The molecule has 0 spiro atoms. The zero-order valence-corrected chi connectivity index (χ0v) is 6.86. The minimum Gasteiger partial charge on any atom is -0.423 e. The SMILES string of the molecule is OCc1ncc(B(O)O)cc1Cl. The average molecular weight is 187 g/mol. The highest BCUT2D eigenvalue weighted by molar-refractivity contribution is 6.58. The van der Waals surface area contributed by atoms with Gasteiger partial charge in [-0.1, -0.05) is 11.6 Å². The summed E-state index contributed by atoms with van der Waals surface area (Å²) in [5.74, 6) is 0. The molecule has 0 atom stereocenters. The van der Waals surface area contributed by atoms with Crippen LogP contribution in [0.1, 0.15) is 5.69 Å². The van der Waals surface area contributed by atoms with E-state index >= 15 is 0 Å². The fraction of sp³-hybridized carbons (Fsp3) is 0.167. The van der Waals surface area contributed by atoms with Crippen LogP contribution in [0.15, 0.2) is 12.3 Å². The molecule has 0 bridgehead atoms. The van der Waals surface area contributed by atoms with E-state index in [0.717, 1.165) is 0 Å². The molecule has 1 aromatic rings. The van der Waals surface area contributed by atoms with E-state index in [-0.39, 0.29) is 17.1 Å². The number of hydrogen-bond acceptors (Lipinski definition) is 4. The molecule has 6 heteroatoms. The summed E-state index contributed by atoms with van der Waals surface area (Å²) in [7, 11) is -1.58. The molecule has 0 radical (unpaired) electrons. The molecule has 0 aliphatic carbocycles. The van der Waals surface area contributed by atoms with Gasteiger partial charge in [0.05, 0.1) is 17.3 Å². The first-order valence-corrected chi connectivity index (χ1v) is 3.64. The molecule has 1 heterocycles. The Labute approximate surface area is 74.6 Å². The highest BCUT2D eigenvalue weighted by Crippen LogP contribution is 2.10. The lowest BCUT2D eigenvalue weighted by molar-refractivity contribution is 0.277. The fourth-order valence-corrected chi connectivity index (χ4v) is 0.973. The Balaban J connectivity index is 3.02.